The second-order valence-electron chi connectivity index (χ2n) is 4.63. The van der Waals surface area contributed by atoms with E-state index in [1.54, 1.807) is 0 Å². The van der Waals surface area contributed by atoms with Gasteiger partial charge in [0.2, 0.25) is 0 Å². The Balaban J connectivity index is 2.33. The first-order chi connectivity index (χ1) is 8.48. The van der Waals surface area contributed by atoms with Crippen molar-refractivity contribution in [2.75, 3.05) is 6.54 Å². The van der Waals surface area contributed by atoms with Crippen LogP contribution in [0.4, 0.5) is 0 Å². The highest BCUT2D eigenvalue weighted by molar-refractivity contribution is 6.05. The molecule has 1 aromatic rings. The van der Waals surface area contributed by atoms with Crippen LogP contribution >= 0.6 is 0 Å². The minimum Gasteiger partial charge on any atom is -0.478 e. The maximum Gasteiger partial charge on any atom is 0.352 e. The molecule has 0 spiro atoms. The summed E-state index contributed by atoms with van der Waals surface area (Å²) in [6.45, 7) is 3.84. The Morgan fingerprint density at radius 2 is 2.28 bits per heavy atom. The molecular weight excluding hydrogens is 232 g/mol. The Morgan fingerprint density at radius 3 is 2.83 bits per heavy atom. The number of nitrogens with two attached hydrogens (primary N) is 1. The zero-order valence-corrected chi connectivity index (χ0v) is 10.4. The third-order valence-corrected chi connectivity index (χ3v) is 3.21. The maximum absolute atomic E-state index is 11.2. The molecular formula is C13H16N2O3. The molecule has 0 saturated heterocycles. The number of benzene rings is 1. The van der Waals surface area contributed by atoms with Crippen LogP contribution in [-0.2, 0) is 9.63 Å². The first kappa shape index (κ1) is 12.6. The monoisotopic (exact) mass is 248 g/mol. The lowest BCUT2D eigenvalue weighted by Crippen LogP contribution is -2.46. The van der Waals surface area contributed by atoms with Crippen LogP contribution in [-0.4, -0.2) is 28.9 Å². The SMILES string of the molecule is Cc1ccc(C)c(C2=NOC(CN)(C(=O)O)C2)c1. The molecule has 0 bridgehead atoms. The van der Waals surface area contributed by atoms with Crippen molar-refractivity contribution in [1.29, 1.82) is 0 Å². The first-order valence-electron chi connectivity index (χ1n) is 5.74. The van der Waals surface area contributed by atoms with Crippen molar-refractivity contribution < 1.29 is 14.7 Å². The third kappa shape index (κ3) is 1.97. The molecule has 96 valence electrons. The summed E-state index contributed by atoms with van der Waals surface area (Å²) in [6.07, 6.45) is 0.198. The van der Waals surface area contributed by atoms with Gasteiger partial charge >= 0.3 is 5.97 Å². The predicted molar refractivity (Wildman–Crippen MR) is 67.6 cm³/mol. The maximum atomic E-state index is 11.2. The zero-order chi connectivity index (χ0) is 13.3. The summed E-state index contributed by atoms with van der Waals surface area (Å²) < 4.78 is 0. The molecule has 0 aliphatic carbocycles. The Labute approximate surface area is 105 Å². The van der Waals surface area contributed by atoms with Crippen molar-refractivity contribution in [2.45, 2.75) is 25.9 Å². The van der Waals surface area contributed by atoms with E-state index in [4.69, 9.17) is 10.6 Å². The number of carboxylic acid groups (broad SMARTS) is 1. The van der Waals surface area contributed by atoms with Gasteiger partial charge in [-0.25, -0.2) is 4.79 Å². The molecule has 0 amide bonds. The number of carbonyl (C=O) groups is 1. The standard InChI is InChI=1S/C13H16N2O3/c1-8-3-4-9(2)10(5-8)11-6-13(7-14,12(16)17)18-15-11/h3-5H,6-7,14H2,1-2H3,(H,16,17). The summed E-state index contributed by atoms with van der Waals surface area (Å²) in [4.78, 5) is 16.3. The molecule has 1 aliphatic rings. The van der Waals surface area contributed by atoms with Gasteiger partial charge in [-0.1, -0.05) is 22.9 Å². The fraction of sp³-hybridized carbons (Fsp3) is 0.385. The second kappa shape index (κ2) is 4.42. The highest BCUT2D eigenvalue weighted by Gasteiger charge is 2.46. The van der Waals surface area contributed by atoms with Crippen LogP contribution in [0.1, 0.15) is 23.1 Å². The van der Waals surface area contributed by atoms with E-state index >= 15 is 0 Å². The van der Waals surface area contributed by atoms with Crippen molar-refractivity contribution in [2.24, 2.45) is 10.9 Å². The molecule has 1 atom stereocenters. The highest BCUT2D eigenvalue weighted by Crippen LogP contribution is 2.28. The number of oxime groups is 1. The van der Waals surface area contributed by atoms with E-state index in [1.807, 2.05) is 32.0 Å². The fourth-order valence-electron chi connectivity index (χ4n) is 1.98. The van der Waals surface area contributed by atoms with Crippen molar-refractivity contribution in [1.82, 2.24) is 0 Å². The van der Waals surface area contributed by atoms with Crippen LogP contribution in [0.5, 0.6) is 0 Å². The van der Waals surface area contributed by atoms with Gasteiger partial charge in [0, 0.05) is 18.5 Å². The predicted octanol–water partition coefficient (Wildman–Crippen LogP) is 1.21. The van der Waals surface area contributed by atoms with Gasteiger partial charge in [0.05, 0.1) is 5.71 Å². The van der Waals surface area contributed by atoms with E-state index in [9.17, 15) is 9.90 Å². The summed E-state index contributed by atoms with van der Waals surface area (Å²) in [6, 6.07) is 5.96. The summed E-state index contributed by atoms with van der Waals surface area (Å²) >= 11 is 0. The Kier molecular flexibility index (Phi) is 3.09. The van der Waals surface area contributed by atoms with Crippen molar-refractivity contribution in [3.05, 3.63) is 34.9 Å². The van der Waals surface area contributed by atoms with Gasteiger partial charge < -0.3 is 15.7 Å². The molecule has 2 rings (SSSR count). The highest BCUT2D eigenvalue weighted by atomic mass is 16.7. The first-order valence-corrected chi connectivity index (χ1v) is 5.74. The molecule has 5 nitrogen and oxygen atoms in total. The van der Waals surface area contributed by atoms with Crippen LogP contribution in [0.3, 0.4) is 0 Å². The number of aryl methyl sites for hydroxylation is 2. The van der Waals surface area contributed by atoms with E-state index < -0.39 is 11.6 Å². The van der Waals surface area contributed by atoms with Gasteiger partial charge in [0.25, 0.3) is 5.60 Å². The zero-order valence-electron chi connectivity index (χ0n) is 10.4. The summed E-state index contributed by atoms with van der Waals surface area (Å²) in [5, 5.41) is 13.1. The number of rotatable bonds is 3. The van der Waals surface area contributed by atoms with Gasteiger partial charge in [-0.15, -0.1) is 0 Å². The van der Waals surface area contributed by atoms with Gasteiger partial charge in [-0.05, 0) is 25.5 Å². The lowest BCUT2D eigenvalue weighted by Gasteiger charge is -2.18. The van der Waals surface area contributed by atoms with Gasteiger partial charge in [0.15, 0.2) is 0 Å². The summed E-state index contributed by atoms with van der Waals surface area (Å²) in [5.74, 6) is -1.07. The minimum atomic E-state index is -1.41. The molecule has 1 heterocycles. The fourth-order valence-corrected chi connectivity index (χ4v) is 1.98. The topological polar surface area (TPSA) is 84.9 Å². The van der Waals surface area contributed by atoms with Crippen molar-refractivity contribution in [3.8, 4) is 0 Å². The molecule has 0 aromatic heterocycles. The van der Waals surface area contributed by atoms with E-state index in [0.29, 0.717) is 5.71 Å². The van der Waals surface area contributed by atoms with Crippen LogP contribution in [0.15, 0.2) is 23.4 Å². The summed E-state index contributed by atoms with van der Waals surface area (Å²) in [7, 11) is 0. The molecule has 1 unspecified atom stereocenters. The molecule has 0 saturated carbocycles. The molecule has 18 heavy (non-hydrogen) atoms. The molecule has 0 fully saturated rings. The number of nitrogens with zero attached hydrogens (tertiary/aromatic N) is 1. The number of hydrogen-bond donors (Lipinski definition) is 2. The van der Waals surface area contributed by atoms with E-state index in [0.717, 1.165) is 16.7 Å². The number of carboxylic acids is 1. The van der Waals surface area contributed by atoms with Gasteiger partial charge in [-0.3, -0.25) is 0 Å². The largest absolute Gasteiger partial charge is 0.478 e. The Morgan fingerprint density at radius 1 is 1.56 bits per heavy atom. The average molecular weight is 248 g/mol. The molecule has 1 aliphatic heterocycles. The quantitative estimate of drug-likeness (QED) is 0.842. The van der Waals surface area contributed by atoms with Crippen LogP contribution in [0.25, 0.3) is 0 Å². The third-order valence-electron chi connectivity index (χ3n) is 3.21. The molecule has 5 heteroatoms. The van der Waals surface area contributed by atoms with Crippen LogP contribution in [0, 0.1) is 13.8 Å². The lowest BCUT2D eigenvalue weighted by atomic mass is 9.92. The van der Waals surface area contributed by atoms with Crippen molar-refractivity contribution in [3.63, 3.8) is 0 Å². The van der Waals surface area contributed by atoms with E-state index in [1.165, 1.54) is 0 Å². The smallest absolute Gasteiger partial charge is 0.352 e. The number of hydrogen-bond acceptors (Lipinski definition) is 4. The van der Waals surface area contributed by atoms with Crippen LogP contribution < -0.4 is 5.73 Å². The van der Waals surface area contributed by atoms with Gasteiger partial charge in [0.1, 0.15) is 0 Å². The minimum absolute atomic E-state index is 0.0970. The molecule has 1 aromatic carbocycles. The Bertz CT molecular complexity index is 525. The van der Waals surface area contributed by atoms with Crippen LogP contribution in [0.2, 0.25) is 0 Å². The summed E-state index contributed by atoms with van der Waals surface area (Å²) in [5.41, 5.74) is 7.79. The Hall–Kier alpha value is -1.88. The number of aliphatic carboxylic acids is 1. The lowest BCUT2D eigenvalue weighted by molar-refractivity contribution is -0.161. The van der Waals surface area contributed by atoms with E-state index in [2.05, 4.69) is 5.16 Å². The van der Waals surface area contributed by atoms with Crippen molar-refractivity contribution >= 4 is 11.7 Å². The molecule has 0 radical (unpaired) electrons. The van der Waals surface area contributed by atoms with Gasteiger partial charge in [-0.2, -0.15) is 0 Å². The molecule has 3 N–H and O–H groups in total. The average Bonchev–Trinajstić information content (AvgIpc) is 2.78. The normalized spacial score (nSPS) is 22.5. The second-order valence-corrected chi connectivity index (χ2v) is 4.63. The van der Waals surface area contributed by atoms with E-state index in [-0.39, 0.29) is 13.0 Å².